The number of fused-ring (bicyclic) bond motifs is 3. The van der Waals surface area contributed by atoms with Crippen molar-refractivity contribution in [2.45, 2.75) is 25.3 Å². The average molecular weight is 245 g/mol. The summed E-state index contributed by atoms with van der Waals surface area (Å²) in [5.74, 6) is 0. The van der Waals surface area contributed by atoms with Gasteiger partial charge in [0.05, 0.1) is 11.0 Å². The quantitative estimate of drug-likeness (QED) is 0.632. The predicted molar refractivity (Wildman–Crippen MR) is 70.1 cm³/mol. The average Bonchev–Trinajstić information content (AvgIpc) is 2.39. The minimum atomic E-state index is -0.594. The first kappa shape index (κ1) is 11.2. The topological polar surface area (TPSA) is 77.8 Å². The van der Waals surface area contributed by atoms with Crippen molar-refractivity contribution in [3.63, 3.8) is 0 Å². The molecule has 0 spiro atoms. The lowest BCUT2D eigenvalue weighted by molar-refractivity contribution is 0.498. The Labute approximate surface area is 103 Å². The Kier molecular flexibility index (Phi) is 2.56. The zero-order chi connectivity index (χ0) is 12.7. The number of aromatic amines is 2. The number of likely N-dealkylation sites (N-methyl/N-ethyl adjacent to an activating group) is 1. The molecule has 1 aromatic carbocycles. The Balaban J connectivity index is 2.28. The lowest BCUT2D eigenvalue weighted by atomic mass is 9.87. The zero-order valence-corrected chi connectivity index (χ0v) is 10.2. The minimum Gasteiger partial charge on any atom is -0.317 e. The second-order valence-corrected chi connectivity index (χ2v) is 4.76. The molecule has 0 aliphatic heterocycles. The van der Waals surface area contributed by atoms with Gasteiger partial charge in [-0.2, -0.15) is 0 Å². The summed E-state index contributed by atoms with van der Waals surface area (Å²) >= 11 is 0. The molecule has 1 aromatic heterocycles. The summed E-state index contributed by atoms with van der Waals surface area (Å²) in [6, 6.07) is 4.33. The van der Waals surface area contributed by atoms with Crippen LogP contribution in [-0.4, -0.2) is 23.1 Å². The zero-order valence-electron chi connectivity index (χ0n) is 10.2. The van der Waals surface area contributed by atoms with Crippen LogP contribution in [0, 0.1) is 0 Å². The van der Waals surface area contributed by atoms with Crippen LogP contribution < -0.4 is 16.4 Å². The molecular weight excluding hydrogens is 230 g/mol. The van der Waals surface area contributed by atoms with Crippen molar-refractivity contribution in [1.29, 1.82) is 0 Å². The van der Waals surface area contributed by atoms with E-state index in [0.717, 1.165) is 30.3 Å². The Morgan fingerprint density at radius 2 is 2.00 bits per heavy atom. The first-order valence-electron chi connectivity index (χ1n) is 6.13. The third kappa shape index (κ3) is 1.67. The van der Waals surface area contributed by atoms with Gasteiger partial charge in [0.2, 0.25) is 0 Å². The van der Waals surface area contributed by atoms with Crippen LogP contribution in [0.3, 0.4) is 0 Å². The molecule has 1 heterocycles. The summed E-state index contributed by atoms with van der Waals surface area (Å²) in [4.78, 5) is 28.1. The molecule has 18 heavy (non-hydrogen) atoms. The van der Waals surface area contributed by atoms with E-state index >= 15 is 0 Å². The Morgan fingerprint density at radius 1 is 1.22 bits per heavy atom. The minimum absolute atomic E-state index is 0.429. The van der Waals surface area contributed by atoms with Crippen LogP contribution in [-0.2, 0) is 12.8 Å². The standard InChI is InChI=1S/C13H15N3O2/c1-14-8-4-2-7-3-5-10-11(9(7)6-8)16-13(18)12(17)15-10/h3,5,8,14H,2,4,6H2,1H3,(H,15,17)(H,16,18). The van der Waals surface area contributed by atoms with E-state index in [1.807, 2.05) is 19.2 Å². The second kappa shape index (κ2) is 4.10. The number of H-pyrrole nitrogens is 2. The van der Waals surface area contributed by atoms with Crippen molar-refractivity contribution < 1.29 is 0 Å². The van der Waals surface area contributed by atoms with E-state index in [2.05, 4.69) is 15.3 Å². The number of benzene rings is 1. The molecule has 3 N–H and O–H groups in total. The van der Waals surface area contributed by atoms with Crippen LogP contribution in [0.1, 0.15) is 17.5 Å². The third-order valence-corrected chi connectivity index (χ3v) is 3.72. The number of rotatable bonds is 1. The van der Waals surface area contributed by atoms with Gasteiger partial charge in [-0.25, -0.2) is 0 Å². The SMILES string of the molecule is CNC1CCc2ccc3[nH]c(=O)c(=O)[nH]c3c2C1. The number of hydrogen-bond acceptors (Lipinski definition) is 3. The molecule has 2 aromatic rings. The molecule has 1 aliphatic carbocycles. The molecule has 0 saturated carbocycles. The maximum Gasteiger partial charge on any atom is 0.314 e. The molecule has 0 radical (unpaired) electrons. The molecule has 5 heteroatoms. The fraction of sp³-hybridized carbons (Fsp3) is 0.385. The van der Waals surface area contributed by atoms with E-state index < -0.39 is 11.1 Å². The van der Waals surface area contributed by atoms with Gasteiger partial charge in [0.25, 0.3) is 0 Å². The fourth-order valence-corrected chi connectivity index (χ4v) is 2.68. The lowest BCUT2D eigenvalue weighted by Gasteiger charge is -2.25. The highest BCUT2D eigenvalue weighted by Gasteiger charge is 2.20. The summed E-state index contributed by atoms with van der Waals surface area (Å²) in [6.45, 7) is 0. The molecule has 1 unspecified atom stereocenters. The maximum absolute atomic E-state index is 11.5. The van der Waals surface area contributed by atoms with Crippen LogP contribution in [0.5, 0.6) is 0 Å². The van der Waals surface area contributed by atoms with Crippen molar-refractivity contribution >= 4 is 11.0 Å². The van der Waals surface area contributed by atoms with E-state index in [4.69, 9.17) is 0 Å². The van der Waals surface area contributed by atoms with Crippen molar-refractivity contribution in [1.82, 2.24) is 15.3 Å². The molecular formula is C13H15N3O2. The number of aryl methyl sites for hydroxylation is 1. The third-order valence-electron chi connectivity index (χ3n) is 3.72. The van der Waals surface area contributed by atoms with E-state index in [1.54, 1.807) is 0 Å². The summed E-state index contributed by atoms with van der Waals surface area (Å²) in [5.41, 5.74) is 2.71. The summed E-state index contributed by atoms with van der Waals surface area (Å²) in [7, 11) is 1.95. The number of nitrogens with one attached hydrogen (secondary N) is 3. The van der Waals surface area contributed by atoms with Crippen LogP contribution in [0.25, 0.3) is 11.0 Å². The van der Waals surface area contributed by atoms with Gasteiger partial charge >= 0.3 is 11.1 Å². The predicted octanol–water partition coefficient (Wildman–Crippen LogP) is 0.293. The molecule has 1 aliphatic rings. The Hall–Kier alpha value is -1.88. The molecule has 5 nitrogen and oxygen atoms in total. The summed E-state index contributed by atoms with van der Waals surface area (Å²) in [5, 5.41) is 3.27. The van der Waals surface area contributed by atoms with Gasteiger partial charge in [0.1, 0.15) is 0 Å². The van der Waals surface area contributed by atoms with Crippen LogP contribution in [0.2, 0.25) is 0 Å². The van der Waals surface area contributed by atoms with Gasteiger partial charge in [0.15, 0.2) is 0 Å². The van der Waals surface area contributed by atoms with Gasteiger partial charge in [-0.3, -0.25) is 9.59 Å². The Morgan fingerprint density at radius 3 is 2.78 bits per heavy atom. The normalized spacial score (nSPS) is 18.8. The van der Waals surface area contributed by atoms with Crippen LogP contribution in [0.15, 0.2) is 21.7 Å². The van der Waals surface area contributed by atoms with E-state index in [-0.39, 0.29) is 0 Å². The van der Waals surface area contributed by atoms with Gasteiger partial charge in [-0.05, 0) is 43.5 Å². The highest BCUT2D eigenvalue weighted by atomic mass is 16.2. The van der Waals surface area contributed by atoms with Crippen LogP contribution >= 0.6 is 0 Å². The smallest absolute Gasteiger partial charge is 0.314 e. The molecule has 0 amide bonds. The van der Waals surface area contributed by atoms with Crippen LogP contribution in [0.4, 0.5) is 0 Å². The number of hydrogen-bond donors (Lipinski definition) is 3. The first-order valence-corrected chi connectivity index (χ1v) is 6.13. The second-order valence-electron chi connectivity index (χ2n) is 4.76. The fourth-order valence-electron chi connectivity index (χ4n) is 2.68. The summed E-state index contributed by atoms with van der Waals surface area (Å²) < 4.78 is 0. The highest BCUT2D eigenvalue weighted by Crippen LogP contribution is 2.26. The highest BCUT2D eigenvalue weighted by molar-refractivity contribution is 5.79. The molecule has 94 valence electrons. The first-order chi connectivity index (χ1) is 8.69. The van der Waals surface area contributed by atoms with Crippen molar-refractivity contribution in [3.8, 4) is 0 Å². The Bertz CT molecular complexity index is 714. The van der Waals surface area contributed by atoms with Gasteiger partial charge in [-0.15, -0.1) is 0 Å². The lowest BCUT2D eigenvalue weighted by Crippen LogP contribution is -2.33. The molecule has 1 atom stereocenters. The summed E-state index contributed by atoms with van der Waals surface area (Å²) in [6.07, 6.45) is 2.98. The largest absolute Gasteiger partial charge is 0.317 e. The van der Waals surface area contributed by atoms with Gasteiger partial charge in [0, 0.05) is 6.04 Å². The maximum atomic E-state index is 11.5. The van der Waals surface area contributed by atoms with E-state index in [0.29, 0.717) is 11.6 Å². The molecule has 0 fully saturated rings. The van der Waals surface area contributed by atoms with E-state index in [9.17, 15) is 9.59 Å². The molecule has 0 saturated heterocycles. The molecule has 3 rings (SSSR count). The van der Waals surface area contributed by atoms with Crippen molar-refractivity contribution in [3.05, 3.63) is 44.0 Å². The monoisotopic (exact) mass is 245 g/mol. The van der Waals surface area contributed by atoms with E-state index in [1.165, 1.54) is 5.56 Å². The van der Waals surface area contributed by atoms with Gasteiger partial charge in [-0.1, -0.05) is 6.07 Å². The van der Waals surface area contributed by atoms with Crippen molar-refractivity contribution in [2.75, 3.05) is 7.05 Å². The van der Waals surface area contributed by atoms with Crippen molar-refractivity contribution in [2.24, 2.45) is 0 Å². The van der Waals surface area contributed by atoms with Gasteiger partial charge < -0.3 is 15.3 Å². The number of aromatic nitrogens is 2. The molecule has 0 bridgehead atoms.